The molecule has 1 atom stereocenters. The topological polar surface area (TPSA) is 213 Å². The Balaban J connectivity index is 3.09. The summed E-state index contributed by atoms with van der Waals surface area (Å²) in [4.78, 5) is 11.8. The number of rotatable bonds is 81. The van der Waals surface area contributed by atoms with Crippen molar-refractivity contribution in [2.45, 2.75) is 155 Å². The highest BCUT2D eigenvalue weighted by atomic mass is 16.5. The van der Waals surface area contributed by atoms with Gasteiger partial charge in [0.2, 0.25) is 0 Å². The molecular weight excluding hydrogens is 1120 g/mol. The van der Waals surface area contributed by atoms with Crippen molar-refractivity contribution in [3.05, 3.63) is 0 Å². The summed E-state index contributed by atoms with van der Waals surface area (Å²) < 4.78 is 108. The van der Waals surface area contributed by atoms with Crippen LogP contribution in [0.25, 0.3) is 0 Å². The van der Waals surface area contributed by atoms with Crippen molar-refractivity contribution in [2.24, 2.45) is 5.92 Å². The maximum Gasteiger partial charge on any atom is 0.135 e. The van der Waals surface area contributed by atoms with Crippen molar-refractivity contribution in [1.29, 1.82) is 0 Å². The van der Waals surface area contributed by atoms with E-state index in [2.05, 4.69) is 0 Å². The van der Waals surface area contributed by atoms with Crippen molar-refractivity contribution in [2.75, 3.05) is 258 Å². The van der Waals surface area contributed by atoms with Crippen LogP contribution in [0, 0.1) is 5.92 Å². The zero-order chi connectivity index (χ0) is 61.7. The van der Waals surface area contributed by atoms with E-state index in [1.54, 1.807) is 0 Å². The Bertz CT molecular complexity index is 1220. The van der Waals surface area contributed by atoms with Crippen molar-refractivity contribution < 1.29 is 99.9 Å². The van der Waals surface area contributed by atoms with E-state index in [1.165, 1.54) is 0 Å². The van der Waals surface area contributed by atoms with Crippen LogP contribution in [0.15, 0.2) is 0 Å². The van der Waals surface area contributed by atoms with Gasteiger partial charge in [-0.05, 0) is 135 Å². The number of aliphatic hydroxyl groups excluding tert-OH is 1. The van der Waals surface area contributed by atoms with Gasteiger partial charge in [0, 0.05) is 270 Å². The molecule has 0 aliphatic rings. The molecule has 0 aliphatic heterocycles. The van der Waals surface area contributed by atoms with Gasteiger partial charge in [-0.3, -0.25) is 4.79 Å². The number of ketones is 1. The number of carbonyl (C=O) groups excluding carboxylic acids is 1. The molecule has 0 bridgehead atoms. The predicted molar refractivity (Wildman–Crippen MR) is 334 cm³/mol. The molecule has 0 heterocycles. The van der Waals surface area contributed by atoms with Crippen molar-refractivity contribution in [3.63, 3.8) is 0 Å². The molecule has 21 nitrogen and oxygen atoms in total. The third-order valence-corrected chi connectivity index (χ3v) is 12.7. The standard InChI is InChI=1S/C65H130O21/c1-3-64(2)65(67)24-4-26-68-28-6-30-70-32-8-34-72-36-10-38-74-40-12-42-76-44-14-46-78-48-16-50-80-52-18-54-82-56-20-58-84-60-22-62-86-63-23-61-85-59-21-57-83-55-19-53-81-51-17-49-79-47-15-45-77-43-13-41-75-39-11-37-73-35-9-33-71-31-7-29-69-27-5-25-66/h64,66H,3-63H2,1-2H3. The minimum atomic E-state index is 0.163. The van der Waals surface area contributed by atoms with E-state index in [0.29, 0.717) is 270 Å². The van der Waals surface area contributed by atoms with Gasteiger partial charge in [0.15, 0.2) is 0 Å². The molecule has 0 fully saturated rings. The van der Waals surface area contributed by atoms with Crippen LogP contribution in [-0.4, -0.2) is 269 Å². The van der Waals surface area contributed by atoms with Crippen LogP contribution in [0.4, 0.5) is 0 Å². The van der Waals surface area contributed by atoms with E-state index in [4.69, 9.17) is 95.1 Å². The third kappa shape index (κ3) is 77.1. The van der Waals surface area contributed by atoms with Gasteiger partial charge in [-0.1, -0.05) is 13.8 Å². The van der Waals surface area contributed by atoms with Crippen LogP contribution < -0.4 is 0 Å². The first-order chi connectivity index (χ1) is 42.7. The molecule has 0 aromatic carbocycles. The number of hydrogen-bond donors (Lipinski definition) is 1. The fraction of sp³-hybridized carbons (Fsp3) is 0.985. The molecule has 86 heavy (non-hydrogen) atoms. The van der Waals surface area contributed by atoms with Crippen LogP contribution in [0.5, 0.6) is 0 Å². The Kier molecular flexibility index (Phi) is 78.9. The highest BCUT2D eigenvalue weighted by molar-refractivity contribution is 5.80. The number of aliphatic hydroxyl groups is 1. The first-order valence-electron chi connectivity index (χ1n) is 33.8. The zero-order valence-electron chi connectivity index (χ0n) is 54.8. The molecule has 516 valence electrons. The van der Waals surface area contributed by atoms with Crippen LogP contribution in [-0.2, 0) is 94.8 Å². The van der Waals surface area contributed by atoms with Gasteiger partial charge < -0.3 is 95.1 Å². The summed E-state index contributed by atoms with van der Waals surface area (Å²) in [6, 6.07) is 0. The fourth-order valence-corrected chi connectivity index (χ4v) is 7.66. The second kappa shape index (κ2) is 80.0. The minimum absolute atomic E-state index is 0.163. The molecule has 1 unspecified atom stereocenters. The third-order valence-electron chi connectivity index (χ3n) is 12.7. The molecule has 21 heteroatoms. The predicted octanol–water partition coefficient (Wildman–Crippen LogP) is 9.10. The second-order valence-electron chi connectivity index (χ2n) is 21.0. The average molecular weight is 1250 g/mol. The molecule has 0 saturated carbocycles. The molecule has 0 aromatic heterocycles. The highest BCUT2D eigenvalue weighted by Crippen LogP contribution is 2.07. The van der Waals surface area contributed by atoms with E-state index in [0.717, 1.165) is 128 Å². The van der Waals surface area contributed by atoms with Gasteiger partial charge in [0.1, 0.15) is 5.78 Å². The lowest BCUT2D eigenvalue weighted by Gasteiger charge is -2.08. The van der Waals surface area contributed by atoms with Crippen molar-refractivity contribution >= 4 is 5.78 Å². The number of carbonyl (C=O) groups is 1. The summed E-state index contributed by atoms with van der Waals surface area (Å²) in [6.45, 7) is 30.5. The smallest absolute Gasteiger partial charge is 0.135 e. The maximum atomic E-state index is 11.8. The molecule has 0 saturated heterocycles. The molecule has 0 rings (SSSR count). The number of ether oxygens (including phenoxy) is 19. The van der Waals surface area contributed by atoms with E-state index in [9.17, 15) is 4.79 Å². The van der Waals surface area contributed by atoms with Crippen LogP contribution in [0.1, 0.15) is 155 Å². The Morgan fingerprint density at radius 2 is 0.337 bits per heavy atom. The Morgan fingerprint density at radius 1 is 0.221 bits per heavy atom. The average Bonchev–Trinajstić information content (AvgIpc) is 3.52. The lowest BCUT2D eigenvalue weighted by Crippen LogP contribution is -2.11. The Morgan fingerprint density at radius 3 is 0.453 bits per heavy atom. The second-order valence-corrected chi connectivity index (χ2v) is 21.0. The largest absolute Gasteiger partial charge is 0.396 e. The summed E-state index contributed by atoms with van der Waals surface area (Å²) in [6.07, 6.45) is 18.9. The van der Waals surface area contributed by atoms with Gasteiger partial charge in [-0.15, -0.1) is 0 Å². The van der Waals surface area contributed by atoms with E-state index in [-0.39, 0.29) is 12.5 Å². The monoisotopic (exact) mass is 1250 g/mol. The molecule has 0 aromatic rings. The Hall–Kier alpha value is -1.13. The molecular formula is C65H130O21. The molecule has 0 amide bonds. The van der Waals surface area contributed by atoms with E-state index in [1.807, 2.05) is 13.8 Å². The summed E-state index contributed by atoms with van der Waals surface area (Å²) in [7, 11) is 0. The number of Topliss-reactive ketones (excluding diaryl/α,β-unsaturated/α-hetero) is 1. The van der Waals surface area contributed by atoms with Crippen LogP contribution in [0.3, 0.4) is 0 Å². The van der Waals surface area contributed by atoms with E-state index < -0.39 is 0 Å². The van der Waals surface area contributed by atoms with Gasteiger partial charge in [-0.25, -0.2) is 0 Å². The molecule has 0 spiro atoms. The van der Waals surface area contributed by atoms with Gasteiger partial charge in [0.25, 0.3) is 0 Å². The SMILES string of the molecule is CCC(C)C(=O)CCCOCCCOCCCOCCCOCCCOCCCOCCCOCCCOCCCOCCCOCCCOCCCOCCCOCCCOCCCOCCCOCCCOCCCOCCCOCCCO. The maximum absolute atomic E-state index is 11.8. The summed E-state index contributed by atoms with van der Waals surface area (Å²) >= 11 is 0. The number of hydrogen-bond acceptors (Lipinski definition) is 21. The molecule has 0 radical (unpaired) electrons. The first kappa shape index (κ1) is 84.9. The van der Waals surface area contributed by atoms with Crippen molar-refractivity contribution in [1.82, 2.24) is 0 Å². The normalized spacial score (nSPS) is 12.1. The first-order valence-corrected chi connectivity index (χ1v) is 33.8. The van der Waals surface area contributed by atoms with Gasteiger partial charge in [-0.2, -0.15) is 0 Å². The van der Waals surface area contributed by atoms with E-state index >= 15 is 0 Å². The van der Waals surface area contributed by atoms with Gasteiger partial charge in [0.05, 0.1) is 0 Å². The lowest BCUT2D eigenvalue weighted by atomic mass is 10.0. The lowest BCUT2D eigenvalue weighted by molar-refractivity contribution is -0.122. The van der Waals surface area contributed by atoms with Crippen LogP contribution >= 0.6 is 0 Å². The van der Waals surface area contributed by atoms with Crippen LogP contribution in [0.2, 0.25) is 0 Å². The highest BCUT2D eigenvalue weighted by Gasteiger charge is 2.10. The fourth-order valence-electron chi connectivity index (χ4n) is 7.66. The quantitative estimate of drug-likeness (QED) is 0.0562. The summed E-state index contributed by atoms with van der Waals surface area (Å²) in [5.74, 6) is 0.502. The Labute approximate surface area is 522 Å². The summed E-state index contributed by atoms with van der Waals surface area (Å²) in [5, 5.41) is 8.71. The molecule has 1 N–H and O–H groups in total. The zero-order valence-corrected chi connectivity index (χ0v) is 54.8. The minimum Gasteiger partial charge on any atom is -0.396 e. The van der Waals surface area contributed by atoms with Crippen molar-refractivity contribution in [3.8, 4) is 0 Å². The van der Waals surface area contributed by atoms with Gasteiger partial charge >= 0.3 is 0 Å². The summed E-state index contributed by atoms with van der Waals surface area (Å²) in [5.41, 5.74) is 0. The molecule has 0 aliphatic carbocycles.